The molecule has 1 fully saturated rings. The summed E-state index contributed by atoms with van der Waals surface area (Å²) in [6.07, 6.45) is 2.56. The number of hydroxylamine groups is 2. The molecule has 0 saturated carbocycles. The van der Waals surface area contributed by atoms with Gasteiger partial charge in [-0.25, -0.2) is 4.21 Å². The van der Waals surface area contributed by atoms with Gasteiger partial charge in [0.2, 0.25) is 17.0 Å². The van der Waals surface area contributed by atoms with Gasteiger partial charge in [-0.15, -0.1) is 0 Å². The summed E-state index contributed by atoms with van der Waals surface area (Å²) in [4.78, 5) is 17.8. The van der Waals surface area contributed by atoms with Crippen molar-refractivity contribution in [2.45, 2.75) is 63.4 Å². The van der Waals surface area contributed by atoms with Gasteiger partial charge >= 0.3 is 0 Å². The first-order chi connectivity index (χ1) is 16.4. The highest BCUT2D eigenvalue weighted by molar-refractivity contribution is 7.80. The molecule has 3 unspecified atom stereocenters. The van der Waals surface area contributed by atoms with Crippen molar-refractivity contribution in [2.24, 2.45) is 5.92 Å². The van der Waals surface area contributed by atoms with Gasteiger partial charge in [0.25, 0.3) is 0 Å². The fraction of sp³-hybridized carbons (Fsp3) is 0.480. The molecular weight excluding hydrogens is 470 g/mol. The predicted molar refractivity (Wildman–Crippen MR) is 134 cm³/mol. The summed E-state index contributed by atoms with van der Waals surface area (Å²) in [5, 5.41) is 13.5. The second-order valence-corrected chi connectivity index (χ2v) is 10.2. The largest absolute Gasteiger partial charge is 0.412 e. The van der Waals surface area contributed by atoms with E-state index in [0.29, 0.717) is 36.6 Å². The van der Waals surface area contributed by atoms with Gasteiger partial charge in [0.05, 0.1) is 17.5 Å². The molecule has 194 valence electrons. The van der Waals surface area contributed by atoms with Crippen LogP contribution >= 0.6 is 0 Å². The van der Waals surface area contributed by atoms with Crippen LogP contribution in [0.4, 0.5) is 0 Å². The van der Waals surface area contributed by atoms with Gasteiger partial charge in [-0.1, -0.05) is 61.5 Å². The SMILES string of the molecule is Cc1ccc(-c2ccc(S(=O)ON3CCC(NC(=O)CCC(C)C)CC3CONO)cc2)cc1.O. The zero-order valence-corrected chi connectivity index (χ0v) is 21.3. The van der Waals surface area contributed by atoms with Crippen LogP contribution in [0.1, 0.15) is 45.1 Å². The summed E-state index contributed by atoms with van der Waals surface area (Å²) < 4.78 is 18.7. The maximum atomic E-state index is 12.9. The first kappa shape index (κ1) is 29.1. The van der Waals surface area contributed by atoms with Crippen molar-refractivity contribution in [1.82, 2.24) is 16.0 Å². The highest BCUT2D eigenvalue weighted by Gasteiger charge is 2.32. The third kappa shape index (κ3) is 9.08. The monoisotopic (exact) mass is 507 g/mol. The average molecular weight is 508 g/mol. The van der Waals surface area contributed by atoms with Crippen LogP contribution in [0.2, 0.25) is 0 Å². The number of carbonyl (C=O) groups excluding carboxylic acids is 1. The third-order valence-corrected chi connectivity index (χ3v) is 6.89. The lowest BCUT2D eigenvalue weighted by molar-refractivity contribution is -0.179. The number of hydrogen-bond acceptors (Lipinski definition) is 7. The van der Waals surface area contributed by atoms with E-state index in [1.54, 1.807) is 22.8 Å². The van der Waals surface area contributed by atoms with Crippen molar-refractivity contribution < 1.29 is 28.8 Å². The molecule has 0 aliphatic carbocycles. The van der Waals surface area contributed by atoms with Gasteiger partial charge in [0.1, 0.15) is 0 Å². The second-order valence-electron chi connectivity index (χ2n) is 9.12. The van der Waals surface area contributed by atoms with Gasteiger partial charge in [-0.3, -0.25) is 14.8 Å². The van der Waals surface area contributed by atoms with E-state index in [9.17, 15) is 9.00 Å². The molecule has 0 bridgehead atoms. The number of hydrogen-bond donors (Lipinski definition) is 3. The molecule has 0 aromatic heterocycles. The van der Waals surface area contributed by atoms with Crippen molar-refractivity contribution in [3.63, 3.8) is 0 Å². The molecule has 2 aromatic rings. The van der Waals surface area contributed by atoms with Gasteiger partial charge < -0.3 is 10.8 Å². The first-order valence-electron chi connectivity index (χ1n) is 11.7. The summed E-state index contributed by atoms with van der Waals surface area (Å²) in [7, 11) is 0. The molecule has 1 aliphatic heterocycles. The average Bonchev–Trinajstić information content (AvgIpc) is 2.83. The molecule has 9 nitrogen and oxygen atoms in total. The van der Waals surface area contributed by atoms with Gasteiger partial charge in [-0.2, -0.15) is 9.35 Å². The van der Waals surface area contributed by atoms with E-state index in [4.69, 9.17) is 14.3 Å². The molecule has 1 saturated heterocycles. The van der Waals surface area contributed by atoms with Gasteiger partial charge in [0, 0.05) is 19.0 Å². The highest BCUT2D eigenvalue weighted by atomic mass is 32.2. The summed E-state index contributed by atoms with van der Waals surface area (Å²) in [6, 6.07) is 15.4. The van der Waals surface area contributed by atoms with E-state index in [2.05, 4.69) is 43.4 Å². The van der Waals surface area contributed by atoms with Gasteiger partial charge in [0.15, 0.2) is 0 Å². The van der Waals surface area contributed by atoms with Crippen molar-refractivity contribution in [3.8, 4) is 11.1 Å². The minimum Gasteiger partial charge on any atom is -0.412 e. The Kier molecular flexibility index (Phi) is 12.0. The number of amides is 1. The van der Waals surface area contributed by atoms with Crippen LogP contribution in [-0.4, -0.2) is 51.1 Å². The van der Waals surface area contributed by atoms with Crippen molar-refractivity contribution in [1.29, 1.82) is 0 Å². The van der Waals surface area contributed by atoms with Crippen LogP contribution in [0.15, 0.2) is 53.4 Å². The molecule has 0 spiro atoms. The zero-order valence-electron chi connectivity index (χ0n) is 20.5. The molecule has 3 atom stereocenters. The maximum absolute atomic E-state index is 12.9. The van der Waals surface area contributed by atoms with Crippen molar-refractivity contribution in [2.75, 3.05) is 13.2 Å². The summed E-state index contributed by atoms with van der Waals surface area (Å²) in [6.45, 7) is 6.81. The molecule has 10 heteroatoms. The standard InChI is InChI=1S/C25H35N3O5S.H2O/c1-18(2)4-13-25(29)26-22-14-15-28(23(16-22)17-32-27-30)33-34(31)24-11-9-21(10-12-24)20-7-5-19(3)6-8-20;/h5-12,18,22-23,27,30H,4,13-17H2,1-3H3,(H,26,29);1H2. The fourth-order valence-electron chi connectivity index (χ4n) is 3.90. The highest BCUT2D eigenvalue weighted by Crippen LogP contribution is 2.24. The van der Waals surface area contributed by atoms with E-state index < -0.39 is 11.1 Å². The summed E-state index contributed by atoms with van der Waals surface area (Å²) >= 11 is -1.71. The number of carbonyl (C=O) groups is 1. The molecule has 35 heavy (non-hydrogen) atoms. The Balaban J connectivity index is 0.00000432. The van der Waals surface area contributed by atoms with E-state index in [1.807, 2.05) is 19.1 Å². The van der Waals surface area contributed by atoms with Crippen LogP contribution in [0.3, 0.4) is 0 Å². The lowest BCUT2D eigenvalue weighted by Crippen LogP contribution is -2.52. The van der Waals surface area contributed by atoms with Crippen LogP contribution < -0.4 is 11.0 Å². The summed E-state index contributed by atoms with van der Waals surface area (Å²) in [5.41, 5.74) is 5.02. The fourth-order valence-corrected chi connectivity index (χ4v) is 4.71. The molecule has 1 aliphatic rings. The molecule has 0 radical (unpaired) electrons. The molecule has 2 aromatic carbocycles. The van der Waals surface area contributed by atoms with E-state index in [-0.39, 0.29) is 30.1 Å². The lowest BCUT2D eigenvalue weighted by atomic mass is 9.99. The Labute approximate surface area is 209 Å². The lowest BCUT2D eigenvalue weighted by Gasteiger charge is -2.37. The number of benzene rings is 2. The van der Waals surface area contributed by atoms with Crippen LogP contribution in [0.5, 0.6) is 0 Å². The topological polar surface area (TPSA) is 132 Å². The Hall–Kier alpha value is -2.18. The first-order valence-corrected chi connectivity index (χ1v) is 12.8. The van der Waals surface area contributed by atoms with E-state index in [0.717, 1.165) is 17.5 Å². The Morgan fingerprint density at radius 3 is 2.37 bits per heavy atom. The minimum atomic E-state index is -1.71. The number of piperidine rings is 1. The normalized spacial score (nSPS) is 19.2. The molecule has 1 heterocycles. The number of aryl methyl sites for hydroxylation is 1. The molecular formula is C25H37N3O6S. The number of nitrogens with one attached hydrogen (secondary N) is 2. The maximum Gasteiger partial charge on any atom is 0.220 e. The van der Waals surface area contributed by atoms with Crippen LogP contribution in [-0.2, 0) is 25.0 Å². The summed E-state index contributed by atoms with van der Waals surface area (Å²) in [5.74, 6) is 0.504. The minimum absolute atomic E-state index is 0. The Morgan fingerprint density at radius 2 is 1.77 bits per heavy atom. The Morgan fingerprint density at radius 1 is 1.14 bits per heavy atom. The molecule has 3 rings (SSSR count). The molecule has 5 N–H and O–H groups in total. The Bertz CT molecular complexity index is 939. The van der Waals surface area contributed by atoms with E-state index in [1.165, 1.54) is 5.56 Å². The molecule has 1 amide bonds. The zero-order chi connectivity index (χ0) is 24.5. The predicted octanol–water partition coefficient (Wildman–Crippen LogP) is 3.09. The number of rotatable bonds is 11. The smallest absolute Gasteiger partial charge is 0.220 e. The van der Waals surface area contributed by atoms with Crippen molar-refractivity contribution in [3.05, 3.63) is 54.1 Å². The van der Waals surface area contributed by atoms with E-state index >= 15 is 0 Å². The van der Waals surface area contributed by atoms with Crippen molar-refractivity contribution >= 4 is 17.0 Å². The third-order valence-electron chi connectivity index (χ3n) is 5.91. The van der Waals surface area contributed by atoms with Gasteiger partial charge in [-0.05, 0) is 55.4 Å². The second kappa shape index (κ2) is 14.4. The quantitative estimate of drug-likeness (QED) is 0.398. The number of nitrogens with zero attached hydrogens (tertiary/aromatic N) is 1. The van der Waals surface area contributed by atoms with Crippen LogP contribution in [0, 0.1) is 12.8 Å². The van der Waals surface area contributed by atoms with Crippen LogP contribution in [0.25, 0.3) is 11.1 Å².